The normalized spacial score (nSPS) is 18.8. The number of rotatable bonds is 5. The highest BCUT2D eigenvalue weighted by Crippen LogP contribution is 2.39. The zero-order valence-corrected chi connectivity index (χ0v) is 11.9. The molecule has 0 spiro atoms. The second-order valence-electron chi connectivity index (χ2n) is 5.30. The predicted octanol–water partition coefficient (Wildman–Crippen LogP) is 1.00. The lowest BCUT2D eigenvalue weighted by Crippen LogP contribution is -2.38. The van der Waals surface area contributed by atoms with Gasteiger partial charge in [-0.3, -0.25) is 4.68 Å². The number of aromatic nitrogens is 2. The highest BCUT2D eigenvalue weighted by molar-refractivity contribution is 5.31. The van der Waals surface area contributed by atoms with E-state index in [1.807, 2.05) is 14.1 Å². The maximum Gasteiger partial charge on any atom is 0.163 e. The van der Waals surface area contributed by atoms with Crippen LogP contribution in [0.15, 0.2) is 6.20 Å². The molecule has 1 saturated heterocycles. The molecule has 2 rings (SSSR count). The molecule has 0 aromatic carbocycles. The molecule has 0 amide bonds. The summed E-state index contributed by atoms with van der Waals surface area (Å²) >= 11 is 0. The summed E-state index contributed by atoms with van der Waals surface area (Å²) < 4.78 is 22.2. The number of methoxy groups -OCH3 is 1. The second kappa shape index (κ2) is 5.88. The lowest BCUT2D eigenvalue weighted by atomic mass is 9.90. The first-order valence-corrected chi connectivity index (χ1v) is 6.71. The maximum atomic E-state index is 15.2. The summed E-state index contributed by atoms with van der Waals surface area (Å²) in [6.45, 7) is 2.88. The van der Waals surface area contributed by atoms with Crippen molar-refractivity contribution in [1.82, 2.24) is 20.0 Å². The Morgan fingerprint density at radius 1 is 1.47 bits per heavy atom. The summed E-state index contributed by atoms with van der Waals surface area (Å²) in [5.41, 5.74) is -0.738. The minimum atomic E-state index is -1.33. The average molecular weight is 270 g/mol. The van der Waals surface area contributed by atoms with Crippen molar-refractivity contribution in [2.45, 2.75) is 25.1 Å². The highest BCUT2D eigenvalue weighted by Gasteiger charge is 2.39. The van der Waals surface area contributed by atoms with Gasteiger partial charge in [-0.1, -0.05) is 0 Å². The fourth-order valence-electron chi connectivity index (χ4n) is 2.49. The predicted molar refractivity (Wildman–Crippen MR) is 72.2 cm³/mol. The van der Waals surface area contributed by atoms with Crippen LogP contribution >= 0.6 is 0 Å². The Morgan fingerprint density at radius 3 is 2.74 bits per heavy atom. The van der Waals surface area contributed by atoms with Crippen LogP contribution in [-0.2, 0) is 12.2 Å². The molecule has 0 radical (unpaired) electrons. The molecule has 1 aliphatic heterocycles. The molecule has 1 fully saturated rings. The van der Waals surface area contributed by atoms with Gasteiger partial charge >= 0.3 is 0 Å². The van der Waals surface area contributed by atoms with Gasteiger partial charge in [-0.25, -0.2) is 4.39 Å². The van der Waals surface area contributed by atoms with E-state index in [1.54, 1.807) is 18.0 Å². The van der Waals surface area contributed by atoms with Crippen LogP contribution in [0.25, 0.3) is 0 Å². The van der Waals surface area contributed by atoms with Gasteiger partial charge in [-0.2, -0.15) is 5.10 Å². The molecular weight excluding hydrogens is 247 g/mol. The van der Waals surface area contributed by atoms with Crippen molar-refractivity contribution in [1.29, 1.82) is 0 Å². The van der Waals surface area contributed by atoms with Gasteiger partial charge in [0, 0.05) is 6.54 Å². The van der Waals surface area contributed by atoms with Gasteiger partial charge in [0.15, 0.2) is 11.4 Å². The minimum absolute atomic E-state index is 0.469. The molecule has 19 heavy (non-hydrogen) atoms. The largest absolute Gasteiger partial charge is 0.493 e. The zero-order chi connectivity index (χ0) is 13.9. The first-order valence-electron chi connectivity index (χ1n) is 6.71. The van der Waals surface area contributed by atoms with Crippen LogP contribution in [0.2, 0.25) is 0 Å². The Bertz CT molecular complexity index is 413. The topological polar surface area (TPSA) is 42.3 Å². The van der Waals surface area contributed by atoms with Gasteiger partial charge in [0.2, 0.25) is 0 Å². The van der Waals surface area contributed by atoms with E-state index in [2.05, 4.69) is 15.3 Å². The van der Waals surface area contributed by atoms with Crippen LogP contribution in [-0.4, -0.2) is 55.5 Å². The third kappa shape index (κ3) is 3.06. The maximum absolute atomic E-state index is 15.2. The fourth-order valence-corrected chi connectivity index (χ4v) is 2.49. The number of likely N-dealkylation sites (N-methyl/N-ethyl adjacent to an activating group) is 1. The molecule has 0 bridgehead atoms. The van der Waals surface area contributed by atoms with Gasteiger partial charge in [0.1, 0.15) is 5.69 Å². The van der Waals surface area contributed by atoms with Crippen molar-refractivity contribution < 1.29 is 9.13 Å². The molecule has 5 nitrogen and oxygen atoms in total. The van der Waals surface area contributed by atoms with Gasteiger partial charge < -0.3 is 15.0 Å². The Labute approximate surface area is 113 Å². The third-order valence-electron chi connectivity index (χ3n) is 3.61. The van der Waals surface area contributed by atoms with E-state index in [1.165, 1.54) is 0 Å². The van der Waals surface area contributed by atoms with Crippen LogP contribution in [0.5, 0.6) is 5.75 Å². The van der Waals surface area contributed by atoms with Crippen molar-refractivity contribution in [3.8, 4) is 5.75 Å². The van der Waals surface area contributed by atoms with Crippen LogP contribution < -0.4 is 10.1 Å². The van der Waals surface area contributed by atoms with Crippen molar-refractivity contribution >= 4 is 0 Å². The van der Waals surface area contributed by atoms with Crippen molar-refractivity contribution in [2.24, 2.45) is 0 Å². The lowest BCUT2D eigenvalue weighted by Gasteiger charge is -2.31. The standard InChI is InChI=1S/C13H23FN4O/c1-17(2)8-9-18-12(11(19-3)10-16-18)13(14)4-6-15-7-5-13/h10,15H,4-9H2,1-3H3. The van der Waals surface area contributed by atoms with E-state index >= 15 is 4.39 Å². The number of piperidine rings is 1. The summed E-state index contributed by atoms with van der Waals surface area (Å²) in [5, 5.41) is 7.47. The van der Waals surface area contributed by atoms with E-state index in [0.29, 0.717) is 43.9 Å². The quantitative estimate of drug-likeness (QED) is 0.867. The van der Waals surface area contributed by atoms with Crippen molar-refractivity contribution in [3.63, 3.8) is 0 Å². The number of hydrogen-bond donors (Lipinski definition) is 1. The first-order chi connectivity index (χ1) is 9.07. The molecule has 1 aromatic heterocycles. The summed E-state index contributed by atoms with van der Waals surface area (Å²) in [6.07, 6.45) is 2.56. The zero-order valence-electron chi connectivity index (χ0n) is 11.9. The van der Waals surface area contributed by atoms with Gasteiger partial charge in [0.05, 0.1) is 19.9 Å². The van der Waals surface area contributed by atoms with E-state index < -0.39 is 5.67 Å². The minimum Gasteiger partial charge on any atom is -0.493 e. The summed E-state index contributed by atoms with van der Waals surface area (Å²) in [6, 6.07) is 0. The number of hydrogen-bond acceptors (Lipinski definition) is 4. The van der Waals surface area contributed by atoms with Gasteiger partial charge in [-0.05, 0) is 40.0 Å². The molecule has 0 saturated carbocycles. The van der Waals surface area contributed by atoms with Crippen molar-refractivity contribution in [3.05, 3.63) is 11.9 Å². The Hall–Kier alpha value is -1.14. The number of nitrogens with zero attached hydrogens (tertiary/aromatic N) is 3. The van der Waals surface area contributed by atoms with E-state index in [-0.39, 0.29) is 0 Å². The van der Waals surface area contributed by atoms with E-state index in [0.717, 1.165) is 6.54 Å². The van der Waals surface area contributed by atoms with Crippen LogP contribution in [0.4, 0.5) is 4.39 Å². The molecule has 2 heterocycles. The molecule has 1 N–H and O–H groups in total. The average Bonchev–Trinajstić information content (AvgIpc) is 2.81. The van der Waals surface area contributed by atoms with Gasteiger partial charge in [-0.15, -0.1) is 0 Å². The van der Waals surface area contributed by atoms with Crippen LogP contribution in [0.1, 0.15) is 18.5 Å². The fraction of sp³-hybridized carbons (Fsp3) is 0.769. The van der Waals surface area contributed by atoms with Crippen LogP contribution in [0.3, 0.4) is 0 Å². The number of halogens is 1. The SMILES string of the molecule is COc1cnn(CCN(C)C)c1C1(F)CCNCC1. The second-order valence-corrected chi connectivity index (χ2v) is 5.30. The lowest BCUT2D eigenvalue weighted by molar-refractivity contribution is 0.0987. The Balaban J connectivity index is 2.27. The van der Waals surface area contributed by atoms with Crippen LogP contribution in [0, 0.1) is 0 Å². The monoisotopic (exact) mass is 270 g/mol. The van der Waals surface area contributed by atoms with E-state index in [4.69, 9.17) is 4.74 Å². The number of nitrogens with one attached hydrogen (secondary N) is 1. The molecule has 0 aliphatic carbocycles. The third-order valence-corrected chi connectivity index (χ3v) is 3.61. The summed E-state index contributed by atoms with van der Waals surface area (Å²) in [7, 11) is 5.56. The summed E-state index contributed by atoms with van der Waals surface area (Å²) in [5.74, 6) is 0.558. The molecule has 6 heteroatoms. The Morgan fingerprint density at radius 2 is 2.16 bits per heavy atom. The molecule has 1 aliphatic rings. The van der Waals surface area contributed by atoms with E-state index in [9.17, 15) is 0 Å². The first kappa shape index (κ1) is 14.3. The molecule has 108 valence electrons. The van der Waals surface area contributed by atoms with Crippen molar-refractivity contribution in [2.75, 3.05) is 40.8 Å². The molecule has 0 atom stereocenters. The number of ether oxygens (including phenoxy) is 1. The smallest absolute Gasteiger partial charge is 0.163 e. The molecule has 0 unspecified atom stereocenters. The number of alkyl halides is 1. The Kier molecular flexibility index (Phi) is 4.42. The summed E-state index contributed by atoms with van der Waals surface area (Å²) in [4.78, 5) is 2.06. The molecule has 1 aromatic rings. The highest BCUT2D eigenvalue weighted by atomic mass is 19.1. The van der Waals surface area contributed by atoms with Gasteiger partial charge in [0.25, 0.3) is 0 Å². The molecular formula is C13H23FN4O.